The van der Waals surface area contributed by atoms with E-state index in [1.807, 2.05) is 6.92 Å². The van der Waals surface area contributed by atoms with Crippen molar-refractivity contribution in [2.24, 2.45) is 0 Å². The molecule has 1 amide bonds. The van der Waals surface area contributed by atoms with Crippen molar-refractivity contribution in [3.8, 4) is 0 Å². The van der Waals surface area contributed by atoms with Crippen LogP contribution in [0.5, 0.6) is 0 Å². The van der Waals surface area contributed by atoms with Gasteiger partial charge in [-0.05, 0) is 25.1 Å². The molecule has 0 saturated carbocycles. The highest BCUT2D eigenvalue weighted by atomic mass is 19.3. The number of nitrogens with one attached hydrogen (secondary N) is 1. The van der Waals surface area contributed by atoms with Crippen molar-refractivity contribution >= 4 is 17.3 Å². The molecule has 0 heterocycles. The Balaban J connectivity index is 2.76. The lowest BCUT2D eigenvalue weighted by atomic mass is 10.1. The van der Waals surface area contributed by atoms with E-state index in [4.69, 9.17) is 5.73 Å². The number of carbonyl (C=O) groups is 1. The summed E-state index contributed by atoms with van der Waals surface area (Å²) >= 11 is 0. The summed E-state index contributed by atoms with van der Waals surface area (Å²) < 4.78 is 25.5. The van der Waals surface area contributed by atoms with Crippen LogP contribution in [0.2, 0.25) is 0 Å². The van der Waals surface area contributed by atoms with Gasteiger partial charge in [0.05, 0.1) is 6.54 Å². The molecule has 1 rings (SSSR count). The highest BCUT2D eigenvalue weighted by Gasteiger charge is 2.14. The summed E-state index contributed by atoms with van der Waals surface area (Å²) in [6, 6.07) is 4.18. The van der Waals surface area contributed by atoms with Crippen LogP contribution in [0.25, 0.3) is 0 Å². The average Bonchev–Trinajstić information content (AvgIpc) is 2.35. The molecule has 0 bridgehead atoms. The normalized spacial score (nSPS) is 10.5. The van der Waals surface area contributed by atoms with Gasteiger partial charge in [0, 0.05) is 30.5 Å². The third-order valence-electron chi connectivity index (χ3n) is 2.64. The Hall–Kier alpha value is -1.85. The van der Waals surface area contributed by atoms with Crippen molar-refractivity contribution in [3.63, 3.8) is 0 Å². The lowest BCUT2D eigenvalue weighted by Crippen LogP contribution is -2.32. The van der Waals surface area contributed by atoms with Crippen LogP contribution >= 0.6 is 0 Å². The first-order valence-electron chi connectivity index (χ1n) is 5.61. The molecule has 0 atom stereocenters. The third-order valence-corrected chi connectivity index (χ3v) is 2.64. The van der Waals surface area contributed by atoms with Gasteiger partial charge in [0.1, 0.15) is 0 Å². The highest BCUT2D eigenvalue weighted by Crippen LogP contribution is 2.28. The molecule has 1 aromatic carbocycles. The van der Waals surface area contributed by atoms with Crippen molar-refractivity contribution in [2.75, 3.05) is 31.2 Å². The monoisotopic (exact) mass is 257 g/mol. The van der Waals surface area contributed by atoms with Gasteiger partial charge in [0.25, 0.3) is 6.43 Å². The van der Waals surface area contributed by atoms with Crippen molar-refractivity contribution < 1.29 is 13.6 Å². The number of nitrogens with two attached hydrogens (primary N) is 1. The van der Waals surface area contributed by atoms with Crippen LogP contribution in [0.4, 0.5) is 20.2 Å². The summed E-state index contributed by atoms with van der Waals surface area (Å²) in [5, 5.41) is 2.71. The molecule has 0 fully saturated rings. The number of hydrogen-bond donors (Lipinski definition) is 2. The minimum Gasteiger partial charge on any atom is -0.399 e. The predicted octanol–water partition coefficient (Wildman–Crippen LogP) is 2.10. The highest BCUT2D eigenvalue weighted by molar-refractivity contribution is 5.81. The summed E-state index contributed by atoms with van der Waals surface area (Å²) in [5.41, 5.74) is 5.77. The number of halogens is 2. The second-order valence-electron chi connectivity index (χ2n) is 3.91. The van der Waals surface area contributed by atoms with E-state index >= 15 is 0 Å². The summed E-state index contributed by atoms with van der Waals surface area (Å²) in [4.78, 5) is 13.1. The summed E-state index contributed by atoms with van der Waals surface area (Å²) in [5.74, 6) is -0.158. The molecule has 18 heavy (non-hydrogen) atoms. The Morgan fingerprint density at radius 2 is 2.17 bits per heavy atom. The second kappa shape index (κ2) is 6.18. The third kappa shape index (κ3) is 3.58. The molecule has 1 aromatic rings. The fourth-order valence-corrected chi connectivity index (χ4v) is 1.40. The summed E-state index contributed by atoms with van der Waals surface area (Å²) in [7, 11) is 1.65. The lowest BCUT2D eigenvalue weighted by Gasteiger charge is -2.17. The first kappa shape index (κ1) is 14.2. The van der Waals surface area contributed by atoms with Crippen LogP contribution in [0, 0.1) is 0 Å². The number of benzene rings is 1. The van der Waals surface area contributed by atoms with Gasteiger partial charge in [0.15, 0.2) is 0 Å². The molecule has 100 valence electrons. The van der Waals surface area contributed by atoms with E-state index in [0.717, 1.165) is 0 Å². The minimum absolute atomic E-state index is 0.0199. The molecule has 0 saturated heterocycles. The molecule has 0 radical (unpaired) electrons. The van der Waals surface area contributed by atoms with Gasteiger partial charge in [-0.3, -0.25) is 4.79 Å². The second-order valence-corrected chi connectivity index (χ2v) is 3.91. The predicted molar refractivity (Wildman–Crippen MR) is 67.6 cm³/mol. The molecule has 0 aliphatic rings. The zero-order valence-electron chi connectivity index (χ0n) is 10.4. The Morgan fingerprint density at radius 1 is 1.50 bits per heavy atom. The maximum absolute atomic E-state index is 12.8. The standard InChI is InChI=1S/C12H17F2N3O/c1-3-17(2)11(18)7-16-10-5-4-8(15)6-9(10)12(13)14/h4-6,12,16H,3,7,15H2,1-2H3. The number of alkyl halides is 2. The van der Waals surface area contributed by atoms with Gasteiger partial charge in [-0.25, -0.2) is 8.78 Å². The lowest BCUT2D eigenvalue weighted by molar-refractivity contribution is -0.127. The number of nitrogen functional groups attached to an aromatic ring is 1. The van der Waals surface area contributed by atoms with Gasteiger partial charge < -0.3 is 16.0 Å². The Morgan fingerprint density at radius 3 is 2.72 bits per heavy atom. The Bertz CT molecular complexity index is 424. The van der Waals surface area contributed by atoms with Gasteiger partial charge in [-0.1, -0.05) is 0 Å². The van der Waals surface area contributed by atoms with Crippen LogP contribution in [0.3, 0.4) is 0 Å². The van der Waals surface area contributed by atoms with Crippen LogP contribution in [0.1, 0.15) is 18.9 Å². The number of likely N-dealkylation sites (N-methyl/N-ethyl adjacent to an activating group) is 1. The molecule has 6 heteroatoms. The smallest absolute Gasteiger partial charge is 0.265 e. The van der Waals surface area contributed by atoms with Gasteiger partial charge >= 0.3 is 0 Å². The number of hydrogen-bond acceptors (Lipinski definition) is 3. The van der Waals surface area contributed by atoms with E-state index in [1.165, 1.54) is 23.1 Å². The topological polar surface area (TPSA) is 58.4 Å². The molecular weight excluding hydrogens is 240 g/mol. The number of rotatable bonds is 5. The van der Waals surface area contributed by atoms with E-state index in [1.54, 1.807) is 7.05 Å². The number of carbonyl (C=O) groups excluding carboxylic acids is 1. The van der Waals surface area contributed by atoms with Gasteiger partial charge in [-0.15, -0.1) is 0 Å². The average molecular weight is 257 g/mol. The molecule has 0 aliphatic heterocycles. The van der Waals surface area contributed by atoms with Crippen molar-refractivity contribution in [1.82, 2.24) is 4.90 Å². The quantitative estimate of drug-likeness (QED) is 0.794. The summed E-state index contributed by atoms with van der Waals surface area (Å²) in [6.45, 7) is 2.39. The fraction of sp³-hybridized carbons (Fsp3) is 0.417. The maximum Gasteiger partial charge on any atom is 0.265 e. The van der Waals surface area contributed by atoms with Crippen molar-refractivity contribution in [3.05, 3.63) is 23.8 Å². The molecule has 0 aromatic heterocycles. The molecule has 0 aliphatic carbocycles. The van der Waals surface area contributed by atoms with Crippen molar-refractivity contribution in [2.45, 2.75) is 13.3 Å². The van der Waals surface area contributed by atoms with E-state index in [-0.39, 0.29) is 29.4 Å². The molecule has 0 spiro atoms. The molecule has 0 unspecified atom stereocenters. The van der Waals surface area contributed by atoms with Crippen LogP contribution in [0.15, 0.2) is 18.2 Å². The van der Waals surface area contributed by atoms with E-state index in [0.29, 0.717) is 6.54 Å². The zero-order chi connectivity index (χ0) is 13.7. The Labute approximate surface area is 105 Å². The van der Waals surface area contributed by atoms with Crippen LogP contribution in [-0.4, -0.2) is 30.9 Å². The van der Waals surface area contributed by atoms with Crippen molar-refractivity contribution in [1.29, 1.82) is 0 Å². The van der Waals surface area contributed by atoms with Gasteiger partial charge in [0.2, 0.25) is 5.91 Å². The number of nitrogens with zero attached hydrogens (tertiary/aromatic N) is 1. The SMILES string of the molecule is CCN(C)C(=O)CNc1ccc(N)cc1C(F)F. The number of amides is 1. The first-order chi connectivity index (χ1) is 8.45. The van der Waals surface area contributed by atoms with E-state index in [9.17, 15) is 13.6 Å². The maximum atomic E-state index is 12.8. The van der Waals surface area contributed by atoms with E-state index in [2.05, 4.69) is 5.32 Å². The Kier molecular flexibility index (Phi) is 4.88. The molecular formula is C12H17F2N3O. The molecule has 3 N–H and O–H groups in total. The molecule has 4 nitrogen and oxygen atoms in total. The summed E-state index contributed by atoms with van der Waals surface area (Å²) in [6.07, 6.45) is -2.63. The first-order valence-corrected chi connectivity index (χ1v) is 5.61. The zero-order valence-corrected chi connectivity index (χ0v) is 10.4. The minimum atomic E-state index is -2.63. The number of anilines is 2. The van der Waals surface area contributed by atoms with Crippen LogP contribution < -0.4 is 11.1 Å². The van der Waals surface area contributed by atoms with Crippen LogP contribution in [-0.2, 0) is 4.79 Å². The van der Waals surface area contributed by atoms with E-state index < -0.39 is 6.43 Å². The largest absolute Gasteiger partial charge is 0.399 e. The van der Waals surface area contributed by atoms with Gasteiger partial charge in [-0.2, -0.15) is 0 Å². The fourth-order valence-electron chi connectivity index (χ4n) is 1.40.